The third-order valence-corrected chi connectivity index (χ3v) is 4.15. The molecule has 1 N–H and O–H groups in total. The van der Waals surface area contributed by atoms with Crippen molar-refractivity contribution in [1.29, 1.82) is 0 Å². The Kier molecular flexibility index (Phi) is 3.15. The Morgan fingerprint density at radius 2 is 2.11 bits per heavy atom. The zero-order chi connectivity index (χ0) is 12.4. The van der Waals surface area contributed by atoms with Gasteiger partial charge in [0.2, 0.25) is 0 Å². The molecule has 0 bridgehead atoms. The maximum absolute atomic E-state index is 11.5. The summed E-state index contributed by atoms with van der Waals surface area (Å²) in [5, 5.41) is 0.892. The zero-order valence-corrected chi connectivity index (χ0v) is 10.7. The van der Waals surface area contributed by atoms with Crippen molar-refractivity contribution in [2.24, 2.45) is 0 Å². The molecule has 2 aromatic rings. The molecule has 2 heterocycles. The second-order valence-corrected chi connectivity index (χ2v) is 5.27. The van der Waals surface area contributed by atoms with E-state index in [4.69, 9.17) is 0 Å². The van der Waals surface area contributed by atoms with Crippen LogP contribution in [0.25, 0.3) is 0 Å². The lowest BCUT2D eigenvalue weighted by atomic mass is 10.3. The monoisotopic (exact) mass is 259 g/mol. The van der Waals surface area contributed by atoms with E-state index in [1.165, 1.54) is 11.1 Å². The molecule has 1 aliphatic rings. The lowest BCUT2D eigenvalue weighted by Gasteiger charge is -2.06. The average molecular weight is 259 g/mol. The lowest BCUT2D eigenvalue weighted by Crippen LogP contribution is -2.14. The number of thioether (sulfide) groups is 1. The number of nitrogens with one attached hydrogen (secondary N) is 1. The van der Waals surface area contributed by atoms with E-state index in [1.54, 1.807) is 24.2 Å². The van der Waals surface area contributed by atoms with Crippen LogP contribution in [-0.4, -0.2) is 15.0 Å². The van der Waals surface area contributed by atoms with Crippen LogP contribution in [0.3, 0.4) is 0 Å². The molecule has 0 spiro atoms. The highest BCUT2D eigenvalue weighted by molar-refractivity contribution is 7.98. The number of pyridine rings is 1. The van der Waals surface area contributed by atoms with Gasteiger partial charge in [0, 0.05) is 29.4 Å². The molecule has 0 radical (unpaired) electrons. The average Bonchev–Trinajstić information content (AvgIpc) is 2.85. The van der Waals surface area contributed by atoms with E-state index >= 15 is 0 Å². The van der Waals surface area contributed by atoms with Crippen molar-refractivity contribution in [2.75, 3.05) is 0 Å². The largest absolute Gasteiger partial charge is 0.346 e. The summed E-state index contributed by atoms with van der Waals surface area (Å²) < 4.78 is 0. The summed E-state index contributed by atoms with van der Waals surface area (Å²) in [7, 11) is 0. The topological polar surface area (TPSA) is 58.6 Å². The fourth-order valence-electron chi connectivity index (χ4n) is 2.18. The number of hydrogen-bond donors (Lipinski definition) is 1. The Hall–Kier alpha value is -1.62. The van der Waals surface area contributed by atoms with Gasteiger partial charge in [-0.2, -0.15) is 4.98 Å². The van der Waals surface area contributed by atoms with Gasteiger partial charge in [-0.1, -0.05) is 0 Å². The van der Waals surface area contributed by atoms with Crippen molar-refractivity contribution >= 4 is 11.8 Å². The minimum atomic E-state index is -0.229. The molecule has 0 saturated heterocycles. The van der Waals surface area contributed by atoms with Crippen molar-refractivity contribution in [1.82, 2.24) is 15.0 Å². The van der Waals surface area contributed by atoms with Crippen LogP contribution in [0.5, 0.6) is 0 Å². The summed E-state index contributed by atoms with van der Waals surface area (Å²) in [4.78, 5) is 22.4. The molecule has 0 saturated carbocycles. The number of nitrogens with zero attached hydrogens (tertiary/aromatic N) is 2. The molecule has 0 fully saturated rings. The van der Waals surface area contributed by atoms with Crippen molar-refractivity contribution in [3.8, 4) is 0 Å². The molecule has 0 amide bonds. The fraction of sp³-hybridized carbons (Fsp3) is 0.308. The van der Waals surface area contributed by atoms with E-state index in [9.17, 15) is 4.79 Å². The molecular weight excluding hydrogens is 246 g/mol. The highest BCUT2D eigenvalue weighted by Gasteiger charge is 2.17. The van der Waals surface area contributed by atoms with Crippen molar-refractivity contribution in [3.05, 3.63) is 51.8 Å². The zero-order valence-electron chi connectivity index (χ0n) is 9.85. The third kappa shape index (κ3) is 2.31. The second kappa shape index (κ2) is 4.94. The first-order chi connectivity index (χ1) is 8.83. The molecule has 18 heavy (non-hydrogen) atoms. The summed E-state index contributed by atoms with van der Waals surface area (Å²) in [6, 6.07) is 3.97. The van der Waals surface area contributed by atoms with E-state index in [1.807, 2.05) is 12.1 Å². The van der Waals surface area contributed by atoms with Crippen molar-refractivity contribution in [3.63, 3.8) is 0 Å². The molecule has 0 aromatic carbocycles. The SMILES string of the molecule is O=c1nc(SCc2ccncc2)c2c([nH]1)CCC2. The Balaban J connectivity index is 1.83. The highest BCUT2D eigenvalue weighted by Crippen LogP contribution is 2.29. The Labute approximate surface area is 109 Å². The van der Waals surface area contributed by atoms with Gasteiger partial charge in [-0.3, -0.25) is 4.98 Å². The van der Waals surface area contributed by atoms with Crippen LogP contribution < -0.4 is 5.69 Å². The van der Waals surface area contributed by atoms with Crippen LogP contribution in [0, 0.1) is 0 Å². The molecule has 3 rings (SSSR count). The van der Waals surface area contributed by atoms with Gasteiger partial charge in [0.15, 0.2) is 0 Å². The molecule has 5 heteroatoms. The normalized spacial score (nSPS) is 13.6. The fourth-order valence-corrected chi connectivity index (χ4v) is 3.23. The first kappa shape index (κ1) is 11.5. The van der Waals surface area contributed by atoms with Crippen LogP contribution in [0.1, 0.15) is 23.2 Å². The quantitative estimate of drug-likeness (QED) is 0.676. The van der Waals surface area contributed by atoms with E-state index in [0.717, 1.165) is 35.7 Å². The summed E-state index contributed by atoms with van der Waals surface area (Å²) >= 11 is 1.63. The van der Waals surface area contributed by atoms with Crippen LogP contribution >= 0.6 is 11.8 Å². The van der Waals surface area contributed by atoms with Crippen LogP contribution in [0.4, 0.5) is 0 Å². The lowest BCUT2D eigenvalue weighted by molar-refractivity contribution is 0.895. The number of aryl methyl sites for hydroxylation is 1. The van der Waals surface area contributed by atoms with E-state index in [0.29, 0.717) is 0 Å². The van der Waals surface area contributed by atoms with Gasteiger partial charge in [-0.15, -0.1) is 11.8 Å². The minimum Gasteiger partial charge on any atom is -0.309 e. The summed E-state index contributed by atoms with van der Waals surface area (Å²) in [5.41, 5.74) is 3.28. The maximum atomic E-state index is 11.5. The van der Waals surface area contributed by atoms with Gasteiger partial charge in [0.05, 0.1) is 0 Å². The van der Waals surface area contributed by atoms with Crippen molar-refractivity contribution in [2.45, 2.75) is 30.0 Å². The third-order valence-electron chi connectivity index (χ3n) is 3.06. The molecule has 0 unspecified atom stereocenters. The number of aromatic nitrogens is 3. The minimum absolute atomic E-state index is 0.229. The van der Waals surface area contributed by atoms with Gasteiger partial charge in [-0.05, 0) is 37.0 Å². The number of rotatable bonds is 3. The summed E-state index contributed by atoms with van der Waals surface area (Å²) in [5.74, 6) is 0.825. The smallest absolute Gasteiger partial charge is 0.309 e. The van der Waals surface area contributed by atoms with Gasteiger partial charge >= 0.3 is 5.69 Å². The summed E-state index contributed by atoms with van der Waals surface area (Å²) in [6.07, 6.45) is 6.67. The predicted molar refractivity (Wildman–Crippen MR) is 70.7 cm³/mol. The Bertz CT molecular complexity index is 609. The Morgan fingerprint density at radius 1 is 1.28 bits per heavy atom. The number of H-pyrrole nitrogens is 1. The molecule has 92 valence electrons. The number of hydrogen-bond acceptors (Lipinski definition) is 4. The van der Waals surface area contributed by atoms with E-state index < -0.39 is 0 Å². The van der Waals surface area contributed by atoms with Crippen LogP contribution in [-0.2, 0) is 18.6 Å². The Morgan fingerprint density at radius 3 is 2.94 bits per heavy atom. The van der Waals surface area contributed by atoms with E-state index in [-0.39, 0.29) is 5.69 Å². The second-order valence-electron chi connectivity index (χ2n) is 4.30. The van der Waals surface area contributed by atoms with Crippen LogP contribution in [0.15, 0.2) is 34.3 Å². The molecule has 1 aliphatic carbocycles. The van der Waals surface area contributed by atoms with Crippen molar-refractivity contribution < 1.29 is 0 Å². The molecule has 2 aromatic heterocycles. The highest BCUT2D eigenvalue weighted by atomic mass is 32.2. The molecule has 0 atom stereocenters. The van der Waals surface area contributed by atoms with Gasteiger partial charge in [-0.25, -0.2) is 4.79 Å². The van der Waals surface area contributed by atoms with Crippen LogP contribution in [0.2, 0.25) is 0 Å². The molecule has 4 nitrogen and oxygen atoms in total. The van der Waals surface area contributed by atoms with Gasteiger partial charge in [0.25, 0.3) is 0 Å². The standard InChI is InChI=1S/C13H13N3OS/c17-13-15-11-3-1-2-10(11)12(16-13)18-8-9-4-6-14-7-5-9/h4-7H,1-3,8H2,(H,15,16,17). The van der Waals surface area contributed by atoms with E-state index in [2.05, 4.69) is 15.0 Å². The summed E-state index contributed by atoms with van der Waals surface area (Å²) in [6.45, 7) is 0. The number of fused-ring (bicyclic) bond motifs is 1. The first-order valence-corrected chi connectivity index (χ1v) is 6.95. The van der Waals surface area contributed by atoms with Gasteiger partial charge < -0.3 is 4.98 Å². The molecular formula is C13H13N3OS. The molecule has 0 aliphatic heterocycles. The number of aromatic amines is 1. The first-order valence-electron chi connectivity index (χ1n) is 5.97. The maximum Gasteiger partial charge on any atom is 0.346 e. The predicted octanol–water partition coefficient (Wildman–Crippen LogP) is 1.95. The van der Waals surface area contributed by atoms with Gasteiger partial charge in [0.1, 0.15) is 5.03 Å².